The number of carboxylic acid groups (broad SMARTS) is 1. The van der Waals surface area contributed by atoms with Crippen LogP contribution < -0.4 is 14.8 Å². The highest BCUT2D eigenvalue weighted by Crippen LogP contribution is 2.35. The molecule has 0 saturated heterocycles. The van der Waals surface area contributed by atoms with Gasteiger partial charge in [-0.3, -0.25) is 20.1 Å². The summed E-state index contributed by atoms with van der Waals surface area (Å²) < 4.78 is 12.3. The number of hydrogen-bond donors (Lipinski definition) is 3. The summed E-state index contributed by atoms with van der Waals surface area (Å²) in [6, 6.07) is 23.3. The topological polar surface area (TPSA) is 138 Å². The monoisotopic (exact) mass is 622 g/mol. The first kappa shape index (κ1) is 31.4. The third kappa shape index (κ3) is 7.21. The Morgan fingerprint density at radius 2 is 1.84 bits per heavy atom. The quantitative estimate of drug-likeness (QED) is 0.148. The maximum absolute atomic E-state index is 11.7. The Hall–Kier alpha value is -5.01. The van der Waals surface area contributed by atoms with Crippen molar-refractivity contribution in [3.8, 4) is 28.7 Å². The average Bonchev–Trinajstić information content (AvgIpc) is 3.06. The minimum atomic E-state index is -1.58. The SMILES string of the molecule is Cc1c(COc2cc(OCc3cncc(C#N)c3)c(CNC(C)(CO)C(=O)O)cc2Cl)cccc1-c1ccc2ncccc2c1. The highest BCUT2D eigenvalue weighted by atomic mass is 35.5. The fourth-order valence-electron chi connectivity index (χ4n) is 4.79. The number of pyridine rings is 2. The Labute approximate surface area is 265 Å². The molecular weight excluding hydrogens is 592 g/mol. The summed E-state index contributed by atoms with van der Waals surface area (Å²) in [7, 11) is 0. The van der Waals surface area contributed by atoms with Crippen LogP contribution in [0.2, 0.25) is 5.02 Å². The largest absolute Gasteiger partial charge is 0.488 e. The molecular formula is C35H31ClN4O5. The first-order chi connectivity index (χ1) is 21.7. The van der Waals surface area contributed by atoms with E-state index in [1.165, 1.54) is 13.1 Å². The fourth-order valence-corrected chi connectivity index (χ4v) is 5.03. The van der Waals surface area contributed by atoms with Gasteiger partial charge in [0.2, 0.25) is 0 Å². The summed E-state index contributed by atoms with van der Waals surface area (Å²) >= 11 is 6.67. The summed E-state index contributed by atoms with van der Waals surface area (Å²) in [5, 5.41) is 32.7. The van der Waals surface area contributed by atoms with E-state index < -0.39 is 18.1 Å². The summed E-state index contributed by atoms with van der Waals surface area (Å²) in [5.74, 6) is -0.426. The Bertz CT molecular complexity index is 1910. The molecule has 0 spiro atoms. The van der Waals surface area contributed by atoms with Crippen LogP contribution in [0.4, 0.5) is 0 Å². The number of rotatable bonds is 12. The molecule has 10 heteroatoms. The Morgan fingerprint density at radius 3 is 2.62 bits per heavy atom. The van der Waals surface area contributed by atoms with E-state index >= 15 is 0 Å². The molecule has 0 amide bonds. The lowest BCUT2D eigenvalue weighted by atomic mass is 9.96. The van der Waals surface area contributed by atoms with E-state index in [0.29, 0.717) is 33.2 Å². The van der Waals surface area contributed by atoms with Crippen molar-refractivity contribution in [1.82, 2.24) is 15.3 Å². The van der Waals surface area contributed by atoms with E-state index in [0.717, 1.165) is 33.2 Å². The maximum Gasteiger partial charge on any atom is 0.326 e. The molecule has 0 bridgehead atoms. The lowest BCUT2D eigenvalue weighted by Crippen LogP contribution is -2.52. The number of halogens is 1. The molecule has 0 aliphatic rings. The minimum Gasteiger partial charge on any atom is -0.488 e. The number of aliphatic hydroxyl groups excluding tert-OH is 1. The second kappa shape index (κ2) is 13.7. The lowest BCUT2D eigenvalue weighted by Gasteiger charge is -2.25. The number of fused-ring (bicyclic) bond motifs is 1. The highest BCUT2D eigenvalue weighted by Gasteiger charge is 2.32. The van der Waals surface area contributed by atoms with Crippen molar-refractivity contribution in [3.05, 3.63) is 118 Å². The van der Waals surface area contributed by atoms with Gasteiger partial charge in [0.05, 0.1) is 22.7 Å². The van der Waals surface area contributed by atoms with E-state index in [4.69, 9.17) is 21.1 Å². The van der Waals surface area contributed by atoms with Crippen LogP contribution >= 0.6 is 11.6 Å². The summed E-state index contributed by atoms with van der Waals surface area (Å²) in [6.45, 7) is 3.19. The number of aliphatic hydroxyl groups is 1. The summed E-state index contributed by atoms with van der Waals surface area (Å²) in [6.07, 6.45) is 4.84. The van der Waals surface area contributed by atoms with Crippen molar-refractivity contribution in [3.63, 3.8) is 0 Å². The van der Waals surface area contributed by atoms with Crippen LogP contribution in [0.15, 0.2) is 85.3 Å². The predicted molar refractivity (Wildman–Crippen MR) is 171 cm³/mol. The molecule has 3 N–H and O–H groups in total. The zero-order chi connectivity index (χ0) is 32.0. The number of nitrogens with one attached hydrogen (secondary N) is 1. The maximum atomic E-state index is 11.7. The first-order valence-corrected chi connectivity index (χ1v) is 14.5. The van der Waals surface area contributed by atoms with Crippen molar-refractivity contribution >= 4 is 28.5 Å². The third-order valence-electron chi connectivity index (χ3n) is 7.63. The number of benzene rings is 3. The van der Waals surface area contributed by atoms with Gasteiger partial charge in [0.1, 0.15) is 36.3 Å². The molecule has 3 aromatic carbocycles. The molecule has 45 heavy (non-hydrogen) atoms. The van der Waals surface area contributed by atoms with E-state index in [9.17, 15) is 20.3 Å². The van der Waals surface area contributed by atoms with Crippen LogP contribution in [0.25, 0.3) is 22.0 Å². The van der Waals surface area contributed by atoms with Gasteiger partial charge < -0.3 is 19.7 Å². The number of aliphatic carboxylic acids is 1. The fraction of sp³-hybridized carbons (Fsp3) is 0.200. The van der Waals surface area contributed by atoms with Crippen molar-refractivity contribution in [1.29, 1.82) is 5.26 Å². The molecule has 0 radical (unpaired) electrons. The number of nitriles is 1. The van der Waals surface area contributed by atoms with Crippen molar-refractivity contribution in [2.45, 2.75) is 39.1 Å². The standard InChI is InChI=1S/C35H31ClN4O5/c1-22-27(5-3-7-29(22)25-8-9-31-26(12-25)6-4-10-39-31)20-45-33-14-32(44-19-24-11-23(15-37)16-38-17-24)28(13-30(33)36)18-40-35(2,21-41)34(42)43/h3-14,16-17,40-41H,18-21H2,1-2H3,(H,42,43). The molecule has 2 heterocycles. The van der Waals surface area contributed by atoms with Gasteiger partial charge in [-0.25, -0.2) is 0 Å². The number of carbonyl (C=O) groups is 1. The van der Waals surface area contributed by atoms with Crippen LogP contribution in [0, 0.1) is 18.3 Å². The van der Waals surface area contributed by atoms with Crippen molar-refractivity contribution in [2.75, 3.05) is 6.61 Å². The van der Waals surface area contributed by atoms with Crippen molar-refractivity contribution in [2.24, 2.45) is 0 Å². The number of ether oxygens (including phenoxy) is 2. The zero-order valence-electron chi connectivity index (χ0n) is 24.8. The van der Waals surface area contributed by atoms with E-state index in [-0.39, 0.29) is 19.8 Å². The van der Waals surface area contributed by atoms with E-state index in [1.807, 2.05) is 30.3 Å². The minimum absolute atomic E-state index is 0.0393. The van der Waals surface area contributed by atoms with Gasteiger partial charge in [0.25, 0.3) is 0 Å². The third-order valence-corrected chi connectivity index (χ3v) is 7.93. The second-order valence-electron chi connectivity index (χ2n) is 10.8. The normalized spacial score (nSPS) is 12.3. The summed E-state index contributed by atoms with van der Waals surface area (Å²) in [4.78, 5) is 20.2. The first-order valence-electron chi connectivity index (χ1n) is 14.2. The lowest BCUT2D eigenvalue weighted by molar-refractivity contribution is -0.145. The highest BCUT2D eigenvalue weighted by molar-refractivity contribution is 6.32. The number of carboxylic acids is 1. The van der Waals surface area contributed by atoms with Crippen LogP contribution in [0.1, 0.15) is 34.7 Å². The van der Waals surface area contributed by atoms with Crippen LogP contribution in [-0.4, -0.2) is 38.3 Å². The molecule has 0 aliphatic carbocycles. The van der Waals surface area contributed by atoms with Gasteiger partial charge in [-0.2, -0.15) is 5.26 Å². The number of aromatic nitrogens is 2. The van der Waals surface area contributed by atoms with E-state index in [1.54, 1.807) is 30.6 Å². The molecule has 5 rings (SSSR count). The van der Waals surface area contributed by atoms with Gasteiger partial charge >= 0.3 is 5.97 Å². The molecule has 1 atom stereocenters. The molecule has 228 valence electrons. The Balaban J connectivity index is 1.40. The molecule has 9 nitrogen and oxygen atoms in total. The van der Waals surface area contributed by atoms with Gasteiger partial charge in [0.15, 0.2) is 0 Å². The van der Waals surface area contributed by atoms with Gasteiger partial charge in [0, 0.05) is 47.7 Å². The van der Waals surface area contributed by atoms with Gasteiger partial charge in [-0.05, 0) is 66.4 Å². The average molecular weight is 623 g/mol. The number of hydrogen-bond acceptors (Lipinski definition) is 8. The Kier molecular flexibility index (Phi) is 9.59. The number of nitrogens with zero attached hydrogens (tertiary/aromatic N) is 3. The molecule has 5 aromatic rings. The molecule has 0 saturated carbocycles. The summed E-state index contributed by atoms with van der Waals surface area (Å²) in [5.41, 5.74) is 5.18. The molecule has 1 unspecified atom stereocenters. The Morgan fingerprint density at radius 1 is 1.02 bits per heavy atom. The van der Waals surface area contributed by atoms with Crippen LogP contribution in [0.3, 0.4) is 0 Å². The smallest absolute Gasteiger partial charge is 0.326 e. The van der Waals surface area contributed by atoms with Crippen molar-refractivity contribution < 1.29 is 24.5 Å². The van der Waals surface area contributed by atoms with E-state index in [2.05, 4.69) is 46.5 Å². The second-order valence-corrected chi connectivity index (χ2v) is 11.2. The zero-order valence-corrected chi connectivity index (χ0v) is 25.5. The van der Waals surface area contributed by atoms with Gasteiger partial charge in [-0.15, -0.1) is 0 Å². The van der Waals surface area contributed by atoms with Gasteiger partial charge in [-0.1, -0.05) is 41.9 Å². The molecule has 0 aliphatic heterocycles. The molecule has 2 aromatic heterocycles. The molecule has 0 fully saturated rings. The van der Waals surface area contributed by atoms with Crippen LogP contribution in [-0.2, 0) is 24.6 Å². The van der Waals surface area contributed by atoms with Crippen LogP contribution in [0.5, 0.6) is 11.5 Å². The predicted octanol–water partition coefficient (Wildman–Crippen LogP) is 6.21.